The SMILES string of the molecule is O=C(NC(=O)c1c(F)cccc1Cl)Nc1cnc(Oc2ccc(Sc3ccc(Cl)cc3)cc2)c(Cl)c1. The molecular formula is C25H15Cl3FN3O3S. The van der Waals surface area contributed by atoms with Crippen molar-refractivity contribution in [3.8, 4) is 11.6 Å². The zero-order chi connectivity index (χ0) is 25.7. The summed E-state index contributed by atoms with van der Waals surface area (Å²) in [6.07, 6.45) is 1.30. The van der Waals surface area contributed by atoms with E-state index < -0.39 is 23.3 Å². The fourth-order valence-corrected chi connectivity index (χ4v) is 4.33. The molecule has 0 bridgehead atoms. The van der Waals surface area contributed by atoms with Gasteiger partial charge in [-0.2, -0.15) is 0 Å². The van der Waals surface area contributed by atoms with Crippen molar-refractivity contribution in [1.29, 1.82) is 0 Å². The second-order valence-corrected chi connectivity index (χ2v) is 9.54. The van der Waals surface area contributed by atoms with Crippen molar-refractivity contribution in [3.63, 3.8) is 0 Å². The number of amides is 3. The van der Waals surface area contributed by atoms with E-state index in [0.29, 0.717) is 10.8 Å². The van der Waals surface area contributed by atoms with Crippen molar-refractivity contribution in [2.75, 3.05) is 5.32 Å². The molecule has 0 saturated heterocycles. The van der Waals surface area contributed by atoms with Crippen molar-refractivity contribution in [1.82, 2.24) is 10.3 Å². The molecule has 1 aromatic heterocycles. The number of carbonyl (C=O) groups is 2. The monoisotopic (exact) mass is 561 g/mol. The molecule has 0 atom stereocenters. The Hall–Kier alpha value is -3.30. The van der Waals surface area contributed by atoms with E-state index in [-0.39, 0.29) is 21.6 Å². The summed E-state index contributed by atoms with van der Waals surface area (Å²) in [5, 5.41) is 5.07. The smallest absolute Gasteiger partial charge is 0.326 e. The maximum atomic E-state index is 13.9. The molecule has 0 aliphatic rings. The van der Waals surface area contributed by atoms with Gasteiger partial charge in [0.1, 0.15) is 16.6 Å². The summed E-state index contributed by atoms with van der Waals surface area (Å²) in [6.45, 7) is 0. The Bertz CT molecular complexity index is 1400. The molecule has 0 aliphatic carbocycles. The van der Waals surface area contributed by atoms with E-state index in [9.17, 15) is 14.0 Å². The first-order valence-corrected chi connectivity index (χ1v) is 12.2. The molecule has 0 saturated carbocycles. The normalized spacial score (nSPS) is 10.6. The molecule has 0 unspecified atom stereocenters. The molecule has 4 rings (SSSR count). The summed E-state index contributed by atoms with van der Waals surface area (Å²) in [5.41, 5.74) is -0.251. The third-order valence-electron chi connectivity index (χ3n) is 4.57. The van der Waals surface area contributed by atoms with Crippen LogP contribution in [0.3, 0.4) is 0 Å². The van der Waals surface area contributed by atoms with Crippen LogP contribution in [0.5, 0.6) is 11.6 Å². The number of imide groups is 1. The van der Waals surface area contributed by atoms with Gasteiger partial charge >= 0.3 is 6.03 Å². The van der Waals surface area contributed by atoms with E-state index in [2.05, 4.69) is 10.3 Å². The first-order valence-electron chi connectivity index (χ1n) is 10.2. The van der Waals surface area contributed by atoms with Crippen LogP contribution in [0.2, 0.25) is 15.1 Å². The molecule has 0 spiro atoms. The van der Waals surface area contributed by atoms with E-state index in [1.807, 2.05) is 41.7 Å². The molecule has 3 amide bonds. The van der Waals surface area contributed by atoms with Gasteiger partial charge in [-0.05, 0) is 66.7 Å². The van der Waals surface area contributed by atoms with Gasteiger partial charge in [-0.3, -0.25) is 10.1 Å². The maximum absolute atomic E-state index is 13.9. The number of rotatable bonds is 6. The summed E-state index contributed by atoms with van der Waals surface area (Å²) in [4.78, 5) is 30.5. The molecule has 0 aliphatic heterocycles. The minimum Gasteiger partial charge on any atom is -0.438 e. The van der Waals surface area contributed by atoms with Gasteiger partial charge in [-0.25, -0.2) is 14.2 Å². The number of halogens is 4. The molecular weight excluding hydrogens is 548 g/mol. The van der Waals surface area contributed by atoms with Gasteiger partial charge in [-0.1, -0.05) is 52.6 Å². The number of hydrogen-bond acceptors (Lipinski definition) is 5. The molecule has 3 aromatic carbocycles. The number of aromatic nitrogens is 1. The van der Waals surface area contributed by atoms with Crippen LogP contribution in [0.15, 0.2) is 88.8 Å². The average molecular weight is 563 g/mol. The number of carbonyl (C=O) groups excluding carboxylic acids is 2. The summed E-state index contributed by atoms with van der Waals surface area (Å²) in [7, 11) is 0. The van der Waals surface area contributed by atoms with Crippen LogP contribution in [0.4, 0.5) is 14.9 Å². The summed E-state index contributed by atoms with van der Waals surface area (Å²) in [5.74, 6) is -1.21. The fraction of sp³-hybridized carbons (Fsp3) is 0. The van der Waals surface area contributed by atoms with Gasteiger partial charge in [0.15, 0.2) is 0 Å². The number of nitrogens with zero attached hydrogens (tertiary/aromatic N) is 1. The Morgan fingerprint density at radius 2 is 1.56 bits per heavy atom. The van der Waals surface area contributed by atoms with Crippen molar-refractivity contribution in [2.45, 2.75) is 9.79 Å². The summed E-state index contributed by atoms with van der Waals surface area (Å²) < 4.78 is 19.6. The number of urea groups is 1. The number of benzene rings is 3. The van der Waals surface area contributed by atoms with E-state index in [4.69, 9.17) is 39.5 Å². The van der Waals surface area contributed by atoms with Gasteiger partial charge in [0.2, 0.25) is 5.88 Å². The predicted molar refractivity (Wildman–Crippen MR) is 139 cm³/mol. The highest BCUT2D eigenvalue weighted by Crippen LogP contribution is 2.33. The van der Waals surface area contributed by atoms with Crippen LogP contribution in [0, 0.1) is 5.82 Å². The predicted octanol–water partition coefficient (Wildman–Crippen LogP) is 8.09. The minimum absolute atomic E-state index is 0.120. The van der Waals surface area contributed by atoms with Crippen LogP contribution in [0.1, 0.15) is 10.4 Å². The van der Waals surface area contributed by atoms with Crippen molar-refractivity contribution < 1.29 is 18.7 Å². The Labute approximate surface area is 224 Å². The van der Waals surface area contributed by atoms with Crippen LogP contribution < -0.4 is 15.4 Å². The zero-order valence-electron chi connectivity index (χ0n) is 18.1. The second-order valence-electron chi connectivity index (χ2n) is 7.15. The third kappa shape index (κ3) is 6.67. The van der Waals surface area contributed by atoms with E-state index >= 15 is 0 Å². The van der Waals surface area contributed by atoms with Crippen molar-refractivity contribution in [2.24, 2.45) is 0 Å². The number of anilines is 1. The van der Waals surface area contributed by atoms with Crippen LogP contribution >= 0.6 is 46.6 Å². The zero-order valence-corrected chi connectivity index (χ0v) is 21.2. The highest BCUT2D eigenvalue weighted by molar-refractivity contribution is 7.99. The Balaban J connectivity index is 1.35. The van der Waals surface area contributed by atoms with E-state index in [1.54, 1.807) is 23.9 Å². The second kappa shape index (κ2) is 11.6. The quantitative estimate of drug-likeness (QED) is 0.248. The van der Waals surface area contributed by atoms with Gasteiger partial charge < -0.3 is 10.1 Å². The first kappa shape index (κ1) is 25.8. The molecule has 36 heavy (non-hydrogen) atoms. The Morgan fingerprint density at radius 1 is 0.889 bits per heavy atom. The summed E-state index contributed by atoms with van der Waals surface area (Å²) in [6, 6.07) is 19.1. The third-order valence-corrected chi connectivity index (χ3v) is 6.42. The Morgan fingerprint density at radius 3 is 2.19 bits per heavy atom. The Kier molecular flexibility index (Phi) is 8.32. The number of pyridine rings is 1. The minimum atomic E-state index is -0.993. The number of hydrogen-bond donors (Lipinski definition) is 2. The number of ether oxygens (including phenoxy) is 1. The van der Waals surface area contributed by atoms with Gasteiger partial charge in [-0.15, -0.1) is 0 Å². The first-order chi connectivity index (χ1) is 17.3. The molecule has 1 heterocycles. The highest BCUT2D eigenvalue weighted by atomic mass is 35.5. The van der Waals surface area contributed by atoms with Crippen LogP contribution in [-0.4, -0.2) is 16.9 Å². The summed E-state index contributed by atoms with van der Waals surface area (Å²) >= 11 is 19.6. The fourth-order valence-electron chi connectivity index (χ4n) is 2.94. The molecule has 0 radical (unpaired) electrons. The largest absolute Gasteiger partial charge is 0.438 e. The molecule has 6 nitrogen and oxygen atoms in total. The topological polar surface area (TPSA) is 80.3 Å². The lowest BCUT2D eigenvalue weighted by molar-refractivity contribution is 0.0963. The van der Waals surface area contributed by atoms with Crippen LogP contribution in [0.25, 0.3) is 0 Å². The highest BCUT2D eigenvalue weighted by Gasteiger charge is 2.18. The lowest BCUT2D eigenvalue weighted by Gasteiger charge is -2.11. The standard InChI is InChI=1S/C25H15Cl3FN3O3S/c26-14-4-8-17(9-5-14)36-18-10-6-16(7-11-18)35-24-20(28)12-15(13-30-24)31-25(34)32-23(33)22-19(27)2-1-3-21(22)29/h1-13H,(H2,31,32,33,34). The molecule has 0 fully saturated rings. The number of nitrogens with one attached hydrogen (secondary N) is 2. The van der Waals surface area contributed by atoms with Gasteiger partial charge in [0, 0.05) is 14.8 Å². The average Bonchev–Trinajstić information content (AvgIpc) is 2.83. The van der Waals surface area contributed by atoms with Crippen LogP contribution in [-0.2, 0) is 0 Å². The molecule has 2 N–H and O–H groups in total. The molecule has 182 valence electrons. The van der Waals surface area contributed by atoms with E-state index in [1.165, 1.54) is 24.4 Å². The van der Waals surface area contributed by atoms with Crippen molar-refractivity contribution >= 4 is 64.2 Å². The van der Waals surface area contributed by atoms with Crippen molar-refractivity contribution in [3.05, 3.63) is 105 Å². The maximum Gasteiger partial charge on any atom is 0.326 e. The lowest BCUT2D eigenvalue weighted by atomic mass is 10.2. The van der Waals surface area contributed by atoms with Gasteiger partial charge in [0.05, 0.1) is 22.5 Å². The molecule has 11 heteroatoms. The van der Waals surface area contributed by atoms with Gasteiger partial charge in [0.25, 0.3) is 5.91 Å². The lowest BCUT2D eigenvalue weighted by Crippen LogP contribution is -2.35. The van der Waals surface area contributed by atoms with E-state index in [0.717, 1.165) is 15.9 Å². The molecule has 4 aromatic rings.